The van der Waals surface area contributed by atoms with Crippen LogP contribution in [0.5, 0.6) is 0 Å². The van der Waals surface area contributed by atoms with Gasteiger partial charge in [-0.25, -0.2) is 14.2 Å². The van der Waals surface area contributed by atoms with Gasteiger partial charge in [0, 0.05) is 0 Å². The number of rotatable bonds is 4. The summed E-state index contributed by atoms with van der Waals surface area (Å²) in [7, 11) is 0. The first-order valence-corrected chi connectivity index (χ1v) is 10.3. The topological polar surface area (TPSA) is 60.7 Å². The Hall–Kier alpha value is -3.32. The fourth-order valence-corrected chi connectivity index (χ4v) is 4.54. The van der Waals surface area contributed by atoms with E-state index in [1.807, 2.05) is 30.3 Å². The summed E-state index contributed by atoms with van der Waals surface area (Å²) in [5, 5.41) is 0. The van der Waals surface area contributed by atoms with Gasteiger partial charge >= 0.3 is 5.97 Å². The van der Waals surface area contributed by atoms with Gasteiger partial charge in [0.15, 0.2) is 4.80 Å². The van der Waals surface area contributed by atoms with Crippen molar-refractivity contribution in [1.82, 2.24) is 4.57 Å². The molecule has 0 bridgehead atoms. The summed E-state index contributed by atoms with van der Waals surface area (Å²) in [5.41, 5.74) is 1.94. The molecule has 7 heteroatoms. The number of carbonyl (C=O) groups excluding carboxylic acids is 1. The number of aromatic nitrogens is 1. The highest BCUT2D eigenvalue weighted by Crippen LogP contribution is 2.30. The van der Waals surface area contributed by atoms with E-state index in [-0.39, 0.29) is 18.0 Å². The Morgan fingerprint density at radius 1 is 1.23 bits per heavy atom. The highest BCUT2D eigenvalue weighted by atomic mass is 32.1. The van der Waals surface area contributed by atoms with E-state index in [4.69, 9.17) is 4.74 Å². The van der Waals surface area contributed by atoms with Crippen LogP contribution in [-0.2, 0) is 9.53 Å². The van der Waals surface area contributed by atoms with E-state index < -0.39 is 12.0 Å². The largest absolute Gasteiger partial charge is 0.463 e. The smallest absolute Gasteiger partial charge is 0.338 e. The first-order chi connectivity index (χ1) is 14.5. The van der Waals surface area contributed by atoms with Gasteiger partial charge in [0.25, 0.3) is 5.56 Å². The van der Waals surface area contributed by atoms with Gasteiger partial charge in [0.2, 0.25) is 0 Å². The molecule has 1 aliphatic heterocycles. The number of benzene rings is 2. The zero-order valence-corrected chi connectivity index (χ0v) is 17.3. The average Bonchev–Trinajstić information content (AvgIpc) is 3.02. The molecule has 0 spiro atoms. The molecular formula is C23H19FN2O3S. The average molecular weight is 422 g/mol. The number of fused-ring (bicyclic) bond motifs is 1. The maximum absolute atomic E-state index is 13.6. The van der Waals surface area contributed by atoms with E-state index in [2.05, 4.69) is 4.99 Å². The van der Waals surface area contributed by atoms with Crippen molar-refractivity contribution in [3.63, 3.8) is 0 Å². The van der Waals surface area contributed by atoms with Crippen LogP contribution in [0.15, 0.2) is 75.7 Å². The van der Waals surface area contributed by atoms with Gasteiger partial charge in [0.05, 0.1) is 28.5 Å². The second kappa shape index (κ2) is 8.20. The molecule has 3 aromatic rings. The molecule has 2 heterocycles. The van der Waals surface area contributed by atoms with Gasteiger partial charge < -0.3 is 4.74 Å². The lowest BCUT2D eigenvalue weighted by Gasteiger charge is -2.24. The summed E-state index contributed by atoms with van der Waals surface area (Å²) in [6.45, 7) is 3.70. The number of hydrogen-bond acceptors (Lipinski definition) is 5. The van der Waals surface area contributed by atoms with Gasteiger partial charge in [-0.3, -0.25) is 9.36 Å². The van der Waals surface area contributed by atoms with E-state index in [0.29, 0.717) is 26.2 Å². The summed E-state index contributed by atoms with van der Waals surface area (Å²) in [4.78, 5) is 31.1. The van der Waals surface area contributed by atoms with Crippen LogP contribution >= 0.6 is 11.3 Å². The molecule has 2 aromatic carbocycles. The molecular weight excluding hydrogens is 403 g/mol. The van der Waals surface area contributed by atoms with E-state index >= 15 is 0 Å². The molecule has 1 aliphatic rings. The molecule has 0 unspecified atom stereocenters. The van der Waals surface area contributed by atoms with E-state index in [9.17, 15) is 14.0 Å². The van der Waals surface area contributed by atoms with Crippen molar-refractivity contribution in [2.45, 2.75) is 19.9 Å². The summed E-state index contributed by atoms with van der Waals surface area (Å²) in [5.74, 6) is -0.869. The van der Waals surface area contributed by atoms with Crippen LogP contribution in [0.1, 0.15) is 31.0 Å². The second-order valence-electron chi connectivity index (χ2n) is 6.77. The maximum atomic E-state index is 13.6. The standard InChI is InChI=1S/C23H19FN2O3S/c1-3-29-22(28)19-14(2)25-23-26(20(19)16-9-5-4-6-10-16)21(27)18(30-23)13-15-8-7-11-17(24)12-15/h4-13,20H,3H2,1-2H3/t20-/m0/s1. The number of esters is 1. The lowest BCUT2D eigenvalue weighted by Crippen LogP contribution is -2.39. The first kappa shape index (κ1) is 20.0. The second-order valence-corrected chi connectivity index (χ2v) is 7.78. The predicted octanol–water partition coefficient (Wildman–Crippen LogP) is 2.94. The Kier molecular flexibility index (Phi) is 5.46. The first-order valence-electron chi connectivity index (χ1n) is 9.49. The molecule has 0 radical (unpaired) electrons. The monoisotopic (exact) mass is 422 g/mol. The maximum Gasteiger partial charge on any atom is 0.338 e. The van der Waals surface area contributed by atoms with Crippen molar-refractivity contribution in [1.29, 1.82) is 0 Å². The third-order valence-electron chi connectivity index (χ3n) is 4.78. The molecule has 0 aliphatic carbocycles. The molecule has 0 N–H and O–H groups in total. The van der Waals surface area contributed by atoms with Gasteiger partial charge in [-0.15, -0.1) is 0 Å². The molecule has 1 aromatic heterocycles. The van der Waals surface area contributed by atoms with Gasteiger partial charge in [0.1, 0.15) is 5.82 Å². The molecule has 30 heavy (non-hydrogen) atoms. The Bertz CT molecular complexity index is 1320. The number of ether oxygens (including phenoxy) is 1. The summed E-state index contributed by atoms with van der Waals surface area (Å²) >= 11 is 1.21. The van der Waals surface area contributed by atoms with Crippen molar-refractivity contribution >= 4 is 23.4 Å². The van der Waals surface area contributed by atoms with Crippen LogP contribution in [0.4, 0.5) is 4.39 Å². The van der Waals surface area contributed by atoms with Crippen molar-refractivity contribution < 1.29 is 13.9 Å². The zero-order valence-electron chi connectivity index (χ0n) is 16.5. The van der Waals surface area contributed by atoms with Crippen molar-refractivity contribution in [3.8, 4) is 0 Å². The molecule has 0 amide bonds. The summed E-state index contributed by atoms with van der Waals surface area (Å²) in [6, 6.07) is 14.7. The van der Waals surface area contributed by atoms with Crippen LogP contribution in [0, 0.1) is 5.82 Å². The highest BCUT2D eigenvalue weighted by molar-refractivity contribution is 7.07. The minimum absolute atomic E-state index is 0.223. The molecule has 4 rings (SSSR count). The number of thiazole rings is 1. The van der Waals surface area contributed by atoms with E-state index in [1.54, 1.807) is 32.1 Å². The van der Waals surface area contributed by atoms with E-state index in [0.717, 1.165) is 5.56 Å². The van der Waals surface area contributed by atoms with Crippen LogP contribution in [0.2, 0.25) is 0 Å². The van der Waals surface area contributed by atoms with Gasteiger partial charge in [-0.2, -0.15) is 0 Å². The fraction of sp³-hybridized carbons (Fsp3) is 0.174. The van der Waals surface area contributed by atoms with Crippen LogP contribution < -0.4 is 14.9 Å². The third kappa shape index (κ3) is 3.64. The Labute approximate surface area is 176 Å². The number of allylic oxidation sites excluding steroid dienone is 1. The Morgan fingerprint density at radius 2 is 2.00 bits per heavy atom. The third-order valence-corrected chi connectivity index (χ3v) is 5.76. The predicted molar refractivity (Wildman–Crippen MR) is 113 cm³/mol. The molecule has 0 saturated heterocycles. The zero-order chi connectivity index (χ0) is 21.3. The van der Waals surface area contributed by atoms with E-state index in [1.165, 1.54) is 28.0 Å². The minimum Gasteiger partial charge on any atom is -0.463 e. The van der Waals surface area contributed by atoms with Crippen molar-refractivity contribution in [2.75, 3.05) is 6.61 Å². The normalized spacial score (nSPS) is 16.2. The number of hydrogen-bond donors (Lipinski definition) is 0. The highest BCUT2D eigenvalue weighted by Gasteiger charge is 2.33. The summed E-state index contributed by atoms with van der Waals surface area (Å²) < 4.78 is 20.8. The lowest BCUT2D eigenvalue weighted by atomic mass is 9.96. The Balaban J connectivity index is 1.96. The number of carbonyl (C=O) groups is 1. The number of halogens is 1. The van der Waals surface area contributed by atoms with Crippen LogP contribution in [0.3, 0.4) is 0 Å². The number of nitrogens with zero attached hydrogens (tertiary/aromatic N) is 2. The summed E-state index contributed by atoms with van der Waals surface area (Å²) in [6.07, 6.45) is 1.64. The quantitative estimate of drug-likeness (QED) is 0.608. The molecule has 1 atom stereocenters. The van der Waals surface area contributed by atoms with Gasteiger partial charge in [-0.05, 0) is 43.2 Å². The van der Waals surface area contributed by atoms with Crippen LogP contribution in [-0.4, -0.2) is 17.1 Å². The van der Waals surface area contributed by atoms with Crippen molar-refractivity contribution in [2.24, 2.45) is 4.99 Å². The van der Waals surface area contributed by atoms with Crippen molar-refractivity contribution in [3.05, 3.63) is 102 Å². The molecule has 0 saturated carbocycles. The Morgan fingerprint density at radius 3 is 2.70 bits per heavy atom. The minimum atomic E-state index is -0.642. The molecule has 0 fully saturated rings. The van der Waals surface area contributed by atoms with Gasteiger partial charge in [-0.1, -0.05) is 53.8 Å². The molecule has 5 nitrogen and oxygen atoms in total. The lowest BCUT2D eigenvalue weighted by molar-refractivity contribution is -0.139. The SMILES string of the molecule is CCOC(=O)C1=C(C)N=c2sc(=Cc3cccc(F)c3)c(=O)n2[C@H]1c1ccccc1. The van der Waals surface area contributed by atoms with Crippen LogP contribution in [0.25, 0.3) is 6.08 Å². The molecule has 152 valence electrons. The fourth-order valence-electron chi connectivity index (χ4n) is 3.49.